The van der Waals surface area contributed by atoms with Gasteiger partial charge in [-0.3, -0.25) is 0 Å². The van der Waals surface area contributed by atoms with E-state index >= 15 is 0 Å². The third-order valence-electron chi connectivity index (χ3n) is 3.86. The maximum Gasteiger partial charge on any atom is 0.134 e. The molecular weight excluding hydrogens is 218 g/mol. The van der Waals surface area contributed by atoms with Crippen LogP contribution in [0.4, 0.5) is 0 Å². The van der Waals surface area contributed by atoms with Gasteiger partial charge in [0.2, 0.25) is 0 Å². The quantitative estimate of drug-likeness (QED) is 0.252. The maximum atomic E-state index is 5.25. The molecule has 0 radical (unpaired) electrons. The number of hydrogen-bond acceptors (Lipinski definition) is 2. The van der Waals surface area contributed by atoms with Gasteiger partial charge in [0.25, 0.3) is 0 Å². The summed E-state index contributed by atoms with van der Waals surface area (Å²) in [5.41, 5.74) is 0. The van der Waals surface area contributed by atoms with E-state index in [1.54, 1.807) is 14.2 Å². The van der Waals surface area contributed by atoms with Gasteiger partial charge >= 0.3 is 0 Å². The monoisotopic (exact) mass is 248 g/mol. The molecule has 0 heterocycles. The number of rotatable bonds is 10. The lowest BCUT2D eigenvalue weighted by atomic mass is 10.3. The second kappa shape index (κ2) is 9.16. The molecule has 0 saturated carbocycles. The van der Waals surface area contributed by atoms with Crippen molar-refractivity contribution in [3.63, 3.8) is 0 Å². The van der Waals surface area contributed by atoms with Gasteiger partial charge in [-0.15, -0.1) is 0 Å². The highest BCUT2D eigenvalue weighted by Gasteiger charge is 2.19. The predicted molar refractivity (Wildman–Crippen MR) is 72.5 cm³/mol. The molecule has 0 amide bonds. The molecular formula is C12H30NO2Si+. The fraction of sp³-hybridized carbons (Fsp3) is 1.00. The molecule has 3 nitrogen and oxygen atoms in total. The zero-order valence-corrected chi connectivity index (χ0v) is 13.2. The molecule has 0 fully saturated rings. The molecule has 16 heavy (non-hydrogen) atoms. The molecule has 0 saturated heterocycles. The zero-order valence-electron chi connectivity index (χ0n) is 11.8. The van der Waals surface area contributed by atoms with E-state index in [0.29, 0.717) is 0 Å². The van der Waals surface area contributed by atoms with Crippen molar-refractivity contribution in [2.24, 2.45) is 0 Å². The molecule has 0 spiro atoms. The van der Waals surface area contributed by atoms with Crippen molar-refractivity contribution in [3.8, 4) is 0 Å². The van der Waals surface area contributed by atoms with Gasteiger partial charge in [0.15, 0.2) is 0 Å². The summed E-state index contributed by atoms with van der Waals surface area (Å²) >= 11 is 0. The minimum absolute atomic E-state index is 0.117. The number of nitrogens with zero attached hydrogens (tertiary/aromatic N) is 1. The molecule has 0 aliphatic carbocycles. The van der Waals surface area contributed by atoms with Gasteiger partial charge in [-0.1, -0.05) is 6.04 Å². The summed E-state index contributed by atoms with van der Waals surface area (Å²) in [5, 5.41) is 0. The average Bonchev–Trinajstić information content (AvgIpc) is 2.35. The Morgan fingerprint density at radius 2 is 1.50 bits per heavy atom. The van der Waals surface area contributed by atoms with Crippen LogP contribution in [-0.4, -0.2) is 60.3 Å². The fourth-order valence-electron chi connectivity index (χ4n) is 2.24. The second-order valence-corrected chi connectivity index (χ2v) is 6.36. The van der Waals surface area contributed by atoms with Crippen LogP contribution in [0.5, 0.6) is 0 Å². The van der Waals surface area contributed by atoms with Gasteiger partial charge in [-0.05, 0) is 27.2 Å². The molecule has 0 aromatic rings. The molecule has 0 unspecified atom stereocenters. The molecule has 0 bridgehead atoms. The Labute approximate surface area is 104 Å². The third kappa shape index (κ3) is 5.43. The lowest BCUT2D eigenvalue weighted by molar-refractivity contribution is -0.923. The van der Waals surface area contributed by atoms with E-state index in [2.05, 4.69) is 20.8 Å². The molecule has 4 heteroatoms. The van der Waals surface area contributed by atoms with Crippen LogP contribution >= 0.6 is 0 Å². The van der Waals surface area contributed by atoms with E-state index in [0.717, 1.165) is 0 Å². The van der Waals surface area contributed by atoms with Crippen molar-refractivity contribution >= 4 is 9.52 Å². The maximum absolute atomic E-state index is 5.25. The summed E-state index contributed by atoms with van der Waals surface area (Å²) in [6.07, 6.45) is 1.32. The van der Waals surface area contributed by atoms with Crippen LogP contribution in [0.2, 0.25) is 6.04 Å². The minimum Gasteiger partial charge on any atom is -0.360 e. The van der Waals surface area contributed by atoms with E-state index in [1.165, 1.54) is 43.1 Å². The first-order chi connectivity index (χ1) is 7.67. The second-order valence-electron chi connectivity index (χ2n) is 4.41. The average molecular weight is 248 g/mol. The normalized spacial score (nSPS) is 13.1. The smallest absolute Gasteiger partial charge is 0.134 e. The number of ether oxygens (including phenoxy) is 2. The summed E-state index contributed by atoms with van der Waals surface area (Å²) in [6, 6.07) is 1.33. The van der Waals surface area contributed by atoms with E-state index in [-0.39, 0.29) is 15.4 Å². The largest absolute Gasteiger partial charge is 0.360 e. The van der Waals surface area contributed by atoms with Crippen LogP contribution < -0.4 is 0 Å². The number of hydrogen-bond donors (Lipinski definition) is 0. The predicted octanol–water partition coefficient (Wildman–Crippen LogP) is 1.42. The molecule has 0 aliphatic rings. The summed E-state index contributed by atoms with van der Waals surface area (Å²) in [7, 11) is 3.26. The first kappa shape index (κ1) is 16.1. The molecule has 0 aromatic heterocycles. The molecule has 98 valence electrons. The van der Waals surface area contributed by atoms with E-state index in [4.69, 9.17) is 9.47 Å². The van der Waals surface area contributed by atoms with Crippen LogP contribution in [0.1, 0.15) is 27.2 Å². The van der Waals surface area contributed by atoms with Crippen molar-refractivity contribution < 1.29 is 14.0 Å². The third-order valence-corrected chi connectivity index (χ3v) is 5.91. The Balaban J connectivity index is 3.78. The van der Waals surface area contributed by atoms with Crippen molar-refractivity contribution in [1.29, 1.82) is 0 Å². The first-order valence-electron chi connectivity index (χ1n) is 6.58. The molecule has 0 aliphatic heterocycles. The first-order valence-corrected chi connectivity index (χ1v) is 8.40. The molecule has 0 rings (SSSR count). The minimum atomic E-state index is -0.221. The van der Waals surface area contributed by atoms with Gasteiger partial charge in [0.1, 0.15) is 5.91 Å². The van der Waals surface area contributed by atoms with Gasteiger partial charge in [0.05, 0.1) is 35.7 Å². The Morgan fingerprint density at radius 3 is 1.88 bits per heavy atom. The van der Waals surface area contributed by atoms with Crippen molar-refractivity contribution in [3.05, 3.63) is 0 Å². The van der Waals surface area contributed by atoms with E-state index in [1.807, 2.05) is 0 Å². The van der Waals surface area contributed by atoms with Gasteiger partial charge < -0.3 is 14.0 Å². The highest BCUT2D eigenvalue weighted by Crippen LogP contribution is 2.09. The fourth-order valence-corrected chi connectivity index (χ4v) is 3.55. The summed E-state index contributed by atoms with van der Waals surface area (Å²) in [6.45, 7) is 12.0. The highest BCUT2D eigenvalue weighted by atomic mass is 28.2. The van der Waals surface area contributed by atoms with E-state index < -0.39 is 0 Å². The Morgan fingerprint density at radius 1 is 1.00 bits per heavy atom. The van der Waals surface area contributed by atoms with Gasteiger partial charge in [-0.25, -0.2) is 0 Å². The van der Waals surface area contributed by atoms with Crippen LogP contribution in [0.15, 0.2) is 0 Å². The SMILES string of the molecule is CC[N+](CC)(CC)CCC[SiH2]C(OC)OC. The zero-order chi connectivity index (χ0) is 12.4. The van der Waals surface area contributed by atoms with E-state index in [9.17, 15) is 0 Å². The lowest BCUT2D eigenvalue weighted by Crippen LogP contribution is -2.48. The van der Waals surface area contributed by atoms with Crippen LogP contribution in [-0.2, 0) is 9.47 Å². The van der Waals surface area contributed by atoms with Crippen molar-refractivity contribution in [1.82, 2.24) is 0 Å². The van der Waals surface area contributed by atoms with Crippen molar-refractivity contribution in [2.75, 3.05) is 40.4 Å². The molecule has 0 aromatic carbocycles. The molecule has 0 N–H and O–H groups in total. The number of methoxy groups -OCH3 is 2. The summed E-state index contributed by atoms with van der Waals surface area (Å²) in [4.78, 5) is 0. The van der Waals surface area contributed by atoms with Gasteiger partial charge in [-0.2, -0.15) is 0 Å². The Hall–Kier alpha value is 0.0969. The van der Waals surface area contributed by atoms with Gasteiger partial charge in [0, 0.05) is 14.2 Å². The topological polar surface area (TPSA) is 18.5 Å². The van der Waals surface area contributed by atoms with Crippen LogP contribution in [0.25, 0.3) is 0 Å². The van der Waals surface area contributed by atoms with Crippen molar-refractivity contribution in [2.45, 2.75) is 39.1 Å². The number of quaternary nitrogens is 1. The Bertz CT molecular complexity index is 151. The van der Waals surface area contributed by atoms with Crippen LogP contribution in [0, 0.1) is 0 Å². The summed E-state index contributed by atoms with van der Waals surface area (Å²) in [5.74, 6) is 0.117. The summed E-state index contributed by atoms with van der Waals surface area (Å²) < 4.78 is 11.8. The Kier molecular flexibility index (Phi) is 9.22. The highest BCUT2D eigenvalue weighted by molar-refractivity contribution is 6.36. The molecule has 0 atom stereocenters. The van der Waals surface area contributed by atoms with Crippen LogP contribution in [0.3, 0.4) is 0 Å². The lowest BCUT2D eigenvalue weighted by Gasteiger charge is -2.36. The standard InChI is InChI=1S/C12H30NO2Si/c1-6-13(7-2,8-3)10-9-11-16-12(14-4)15-5/h12H,6-11,16H2,1-5H3/q+1.